The van der Waals surface area contributed by atoms with Crippen molar-refractivity contribution in [3.8, 4) is 0 Å². The summed E-state index contributed by atoms with van der Waals surface area (Å²) in [5.74, 6) is -0.721. The number of ether oxygens (including phenoxy) is 2. The second-order valence-electron chi connectivity index (χ2n) is 14.7. The van der Waals surface area contributed by atoms with Crippen LogP contribution in [0.2, 0.25) is 0 Å². The molecule has 0 radical (unpaired) electrons. The van der Waals surface area contributed by atoms with Crippen molar-refractivity contribution in [1.29, 1.82) is 0 Å². The van der Waals surface area contributed by atoms with Gasteiger partial charge in [-0.25, -0.2) is 4.18 Å². The van der Waals surface area contributed by atoms with Crippen molar-refractivity contribution in [3.63, 3.8) is 0 Å². The van der Waals surface area contributed by atoms with Crippen molar-refractivity contribution in [2.24, 2.45) is 0 Å². The van der Waals surface area contributed by atoms with E-state index in [1.807, 2.05) is 0 Å². The predicted molar refractivity (Wildman–Crippen MR) is 214 cm³/mol. The fourth-order valence-electron chi connectivity index (χ4n) is 6.35. The molecule has 1 heterocycles. The third-order valence-electron chi connectivity index (χ3n) is 9.75. The molecule has 1 rings (SSSR count). The molecule has 0 aliphatic carbocycles. The van der Waals surface area contributed by atoms with Crippen LogP contribution in [0.15, 0.2) is 36.5 Å². The maximum absolute atomic E-state index is 13.0. The second kappa shape index (κ2) is 32.3. The summed E-state index contributed by atoms with van der Waals surface area (Å²) in [6, 6.07) is -1.14. The lowest BCUT2D eigenvalue weighted by molar-refractivity contribution is -0.298. The van der Waals surface area contributed by atoms with Crippen molar-refractivity contribution in [1.82, 2.24) is 5.32 Å². The number of aliphatic hydroxyl groups is 5. The first kappa shape index (κ1) is 51.3. The van der Waals surface area contributed by atoms with Crippen LogP contribution in [0.1, 0.15) is 155 Å². The van der Waals surface area contributed by atoms with Gasteiger partial charge in [-0.2, -0.15) is 8.42 Å². The first-order valence-corrected chi connectivity index (χ1v) is 22.3. The summed E-state index contributed by atoms with van der Waals surface area (Å²) < 4.78 is 47.3. The quantitative estimate of drug-likeness (QED) is 0.0223. The lowest BCUT2D eigenvalue weighted by atomic mass is 9.99. The van der Waals surface area contributed by atoms with E-state index < -0.39 is 78.5 Å². The minimum absolute atomic E-state index is 0.229. The number of amides is 1. The molecule has 1 saturated heterocycles. The van der Waals surface area contributed by atoms with Crippen LogP contribution < -0.4 is 5.32 Å². The first-order chi connectivity index (χ1) is 26.4. The van der Waals surface area contributed by atoms with Gasteiger partial charge in [0.05, 0.1) is 25.4 Å². The summed E-state index contributed by atoms with van der Waals surface area (Å²) in [7, 11) is -5.12. The second-order valence-corrected chi connectivity index (χ2v) is 15.8. The number of nitrogens with one attached hydrogen (secondary N) is 1. The number of hydrogen-bond donors (Lipinski definition) is 7. The standard InChI is InChI=1S/C41H75NO12S/c1-3-5-7-9-11-13-15-16-17-18-19-20-22-24-26-28-30-35(45)40(48)42-33(34(44)29-27-25-23-21-14-12-10-8-6-4-2)32-52-41-38(47)39(54-55(49,50)51)37(46)36(31-43)53-41/h14,16-17,21,27,29,33-39,41,43-47H,3-13,15,18-20,22-26,28,30-32H2,1-2H3,(H,42,48)(H,49,50,51)/b17-16-,21-14+,29-27+. The van der Waals surface area contributed by atoms with Gasteiger partial charge in [-0.3, -0.25) is 9.35 Å². The Morgan fingerprint density at radius 3 is 1.76 bits per heavy atom. The highest BCUT2D eigenvalue weighted by molar-refractivity contribution is 7.80. The van der Waals surface area contributed by atoms with Crippen LogP contribution in [0, 0.1) is 0 Å². The Morgan fingerprint density at radius 2 is 1.22 bits per heavy atom. The third kappa shape index (κ3) is 25.3. The van der Waals surface area contributed by atoms with E-state index in [0.717, 1.165) is 64.2 Å². The predicted octanol–water partition coefficient (Wildman–Crippen LogP) is 6.13. The smallest absolute Gasteiger partial charge is 0.394 e. The summed E-state index contributed by atoms with van der Waals surface area (Å²) >= 11 is 0. The number of carbonyl (C=O) groups is 1. The molecule has 8 atom stereocenters. The summed E-state index contributed by atoms with van der Waals surface area (Å²) in [5, 5.41) is 54.9. The number of aliphatic hydroxyl groups excluding tert-OH is 5. The number of carbonyl (C=O) groups excluding carboxylic acids is 1. The molecule has 13 nitrogen and oxygen atoms in total. The van der Waals surface area contributed by atoms with Crippen molar-refractivity contribution in [2.75, 3.05) is 13.2 Å². The highest BCUT2D eigenvalue weighted by atomic mass is 32.3. The Hall–Kier alpha value is -1.72. The van der Waals surface area contributed by atoms with Crippen LogP contribution in [0.5, 0.6) is 0 Å². The van der Waals surface area contributed by atoms with Crippen molar-refractivity contribution in [2.45, 2.75) is 204 Å². The van der Waals surface area contributed by atoms with E-state index in [2.05, 4.69) is 47.7 Å². The van der Waals surface area contributed by atoms with E-state index >= 15 is 0 Å². The largest absolute Gasteiger partial charge is 0.397 e. The monoisotopic (exact) mass is 806 g/mol. The van der Waals surface area contributed by atoms with Gasteiger partial charge in [0.15, 0.2) is 6.29 Å². The van der Waals surface area contributed by atoms with Gasteiger partial charge in [0.25, 0.3) is 0 Å². The van der Waals surface area contributed by atoms with E-state index in [4.69, 9.17) is 14.0 Å². The van der Waals surface area contributed by atoms with Gasteiger partial charge in [-0.15, -0.1) is 0 Å². The fraction of sp³-hybridized carbons (Fsp3) is 0.829. The molecule has 0 spiro atoms. The number of unbranched alkanes of at least 4 members (excludes halogenated alkanes) is 17. The highest BCUT2D eigenvalue weighted by Crippen LogP contribution is 2.26. The molecule has 322 valence electrons. The van der Waals surface area contributed by atoms with E-state index in [9.17, 15) is 38.7 Å². The zero-order valence-electron chi connectivity index (χ0n) is 33.6. The summed E-state index contributed by atoms with van der Waals surface area (Å²) in [4.78, 5) is 13.0. The number of rotatable bonds is 34. The Bertz CT molecular complexity index is 1150. The van der Waals surface area contributed by atoms with Gasteiger partial charge in [-0.1, -0.05) is 134 Å². The molecule has 1 fully saturated rings. The van der Waals surface area contributed by atoms with E-state index in [1.54, 1.807) is 6.08 Å². The van der Waals surface area contributed by atoms with Crippen molar-refractivity contribution in [3.05, 3.63) is 36.5 Å². The van der Waals surface area contributed by atoms with Gasteiger partial charge in [0.2, 0.25) is 5.91 Å². The Morgan fingerprint density at radius 1 is 0.727 bits per heavy atom. The molecule has 1 aliphatic rings. The van der Waals surface area contributed by atoms with Crippen LogP contribution >= 0.6 is 0 Å². The Labute approximate surface area is 331 Å². The minimum atomic E-state index is -5.12. The Kier molecular flexibility index (Phi) is 30.1. The molecule has 0 saturated carbocycles. The number of allylic oxidation sites excluding steroid dienone is 5. The molecular weight excluding hydrogens is 731 g/mol. The summed E-state index contributed by atoms with van der Waals surface area (Å²) in [6.45, 7) is 3.12. The molecule has 8 unspecified atom stereocenters. The van der Waals surface area contributed by atoms with Crippen LogP contribution in [-0.2, 0) is 28.9 Å². The third-order valence-corrected chi connectivity index (χ3v) is 10.2. The maximum Gasteiger partial charge on any atom is 0.397 e. The minimum Gasteiger partial charge on any atom is -0.394 e. The van der Waals surface area contributed by atoms with Gasteiger partial charge in [0, 0.05) is 0 Å². The normalized spacial score (nSPS) is 22.5. The van der Waals surface area contributed by atoms with Gasteiger partial charge < -0.3 is 40.3 Å². The topological polar surface area (TPSA) is 212 Å². The molecule has 7 N–H and O–H groups in total. The molecule has 14 heteroatoms. The van der Waals surface area contributed by atoms with Crippen molar-refractivity contribution < 1.29 is 57.0 Å². The van der Waals surface area contributed by atoms with E-state index in [1.165, 1.54) is 63.9 Å². The molecule has 0 aromatic carbocycles. The summed E-state index contributed by atoms with van der Waals surface area (Å²) in [5.41, 5.74) is 0. The van der Waals surface area contributed by atoms with Gasteiger partial charge in [-0.05, 0) is 57.8 Å². The highest BCUT2D eigenvalue weighted by Gasteiger charge is 2.48. The lowest BCUT2D eigenvalue weighted by Gasteiger charge is -2.41. The maximum atomic E-state index is 13.0. The van der Waals surface area contributed by atoms with Crippen LogP contribution in [-0.4, -0.2) is 107 Å². The van der Waals surface area contributed by atoms with Gasteiger partial charge >= 0.3 is 10.4 Å². The van der Waals surface area contributed by atoms with Gasteiger partial charge in [0.1, 0.15) is 30.5 Å². The molecule has 1 amide bonds. The van der Waals surface area contributed by atoms with Crippen LogP contribution in [0.4, 0.5) is 0 Å². The SMILES string of the molecule is CCCCCC/C=C/CC/C=C/C(O)C(COC1OC(CO)C(O)C(OS(=O)(=O)O)C1O)NC(=O)C(O)CCCCCCCC/C=C\CCCCCCCC. The Balaban J connectivity index is 2.64. The molecule has 55 heavy (non-hydrogen) atoms. The van der Waals surface area contributed by atoms with E-state index in [-0.39, 0.29) is 6.42 Å². The molecule has 0 aromatic heterocycles. The molecular formula is C41H75NO12S. The zero-order chi connectivity index (χ0) is 40.7. The van der Waals surface area contributed by atoms with E-state index in [0.29, 0.717) is 12.8 Å². The first-order valence-electron chi connectivity index (χ1n) is 21.0. The average Bonchev–Trinajstić information content (AvgIpc) is 3.15. The fourth-order valence-corrected chi connectivity index (χ4v) is 6.86. The summed E-state index contributed by atoms with van der Waals surface area (Å²) in [6.07, 6.45) is 23.9. The van der Waals surface area contributed by atoms with Crippen LogP contribution in [0.25, 0.3) is 0 Å². The lowest BCUT2D eigenvalue weighted by Crippen LogP contribution is -2.61. The molecule has 1 aliphatic heterocycles. The van der Waals surface area contributed by atoms with Crippen molar-refractivity contribution >= 4 is 16.3 Å². The zero-order valence-corrected chi connectivity index (χ0v) is 34.4. The average molecular weight is 806 g/mol. The number of hydrogen-bond acceptors (Lipinski definition) is 11. The molecule has 0 bridgehead atoms. The molecule has 0 aromatic rings. The van der Waals surface area contributed by atoms with Crippen LogP contribution in [0.3, 0.4) is 0 Å².